The van der Waals surface area contributed by atoms with Crippen LogP contribution in [0.4, 0.5) is 0 Å². The number of likely N-dealkylation sites (tertiary alicyclic amines) is 1. The summed E-state index contributed by atoms with van der Waals surface area (Å²) in [5.41, 5.74) is 6.14. The molecule has 2 rings (SSSR count). The van der Waals surface area contributed by atoms with Crippen LogP contribution in [0.2, 0.25) is 0 Å². The number of furan rings is 1. The largest absolute Gasteiger partial charge is 0.466 e. The molecule has 2 heterocycles. The van der Waals surface area contributed by atoms with Crippen LogP contribution in [-0.2, 0) is 4.74 Å². The summed E-state index contributed by atoms with van der Waals surface area (Å²) in [6.45, 7) is 2.62. The van der Waals surface area contributed by atoms with E-state index in [4.69, 9.17) is 14.9 Å². The molecule has 0 saturated carbocycles. The highest BCUT2D eigenvalue weighted by Crippen LogP contribution is 2.35. The molecule has 4 nitrogen and oxygen atoms in total. The molecule has 1 aliphatic rings. The summed E-state index contributed by atoms with van der Waals surface area (Å²) in [7, 11) is 1.72. The average molecular weight is 289 g/mol. The number of nitrogens with zero attached hydrogens (tertiary/aromatic N) is 1. The Morgan fingerprint density at radius 3 is 3.12 bits per heavy atom. The third kappa shape index (κ3) is 2.32. The highest BCUT2D eigenvalue weighted by molar-refractivity contribution is 9.10. The first kappa shape index (κ1) is 12.1. The van der Waals surface area contributed by atoms with Gasteiger partial charge in [-0.1, -0.05) is 0 Å². The molecule has 5 heteroatoms. The Labute approximate surface area is 104 Å². The van der Waals surface area contributed by atoms with E-state index < -0.39 is 0 Å². The molecule has 2 unspecified atom stereocenters. The van der Waals surface area contributed by atoms with E-state index in [2.05, 4.69) is 20.8 Å². The summed E-state index contributed by atoms with van der Waals surface area (Å²) in [6, 6.07) is 2.22. The molecular formula is C11H17BrN2O2. The smallest absolute Gasteiger partial charge is 0.136 e. The summed E-state index contributed by atoms with van der Waals surface area (Å²) >= 11 is 3.49. The summed E-state index contributed by atoms with van der Waals surface area (Å²) in [5.74, 6) is 0.932. The van der Waals surface area contributed by atoms with Gasteiger partial charge in [0, 0.05) is 26.2 Å². The Morgan fingerprint density at radius 2 is 2.50 bits per heavy atom. The predicted molar refractivity (Wildman–Crippen MR) is 65.2 cm³/mol. The highest BCUT2D eigenvalue weighted by Gasteiger charge is 2.35. The molecule has 1 aromatic rings. The van der Waals surface area contributed by atoms with Gasteiger partial charge in [0.2, 0.25) is 0 Å². The lowest BCUT2D eigenvalue weighted by Crippen LogP contribution is -2.33. The van der Waals surface area contributed by atoms with Gasteiger partial charge in [0.05, 0.1) is 23.4 Å². The van der Waals surface area contributed by atoms with Gasteiger partial charge in [0.25, 0.3) is 0 Å². The first-order chi connectivity index (χ1) is 7.74. The Hall–Kier alpha value is -0.360. The van der Waals surface area contributed by atoms with Crippen molar-refractivity contribution in [1.29, 1.82) is 0 Å². The van der Waals surface area contributed by atoms with Crippen molar-refractivity contribution >= 4 is 15.9 Å². The topological polar surface area (TPSA) is 51.6 Å². The van der Waals surface area contributed by atoms with E-state index in [0.717, 1.165) is 36.4 Å². The van der Waals surface area contributed by atoms with Gasteiger partial charge in [0.1, 0.15) is 5.76 Å². The zero-order valence-electron chi connectivity index (χ0n) is 9.36. The van der Waals surface area contributed by atoms with Crippen LogP contribution in [-0.4, -0.2) is 37.7 Å². The molecule has 1 saturated heterocycles. The molecule has 90 valence electrons. The van der Waals surface area contributed by atoms with E-state index in [1.165, 1.54) is 0 Å². The van der Waals surface area contributed by atoms with E-state index in [1.807, 2.05) is 6.07 Å². The second kappa shape index (κ2) is 5.31. The fraction of sp³-hybridized carbons (Fsp3) is 0.636. The van der Waals surface area contributed by atoms with Crippen LogP contribution in [0.5, 0.6) is 0 Å². The van der Waals surface area contributed by atoms with Gasteiger partial charge < -0.3 is 14.9 Å². The Bertz CT molecular complexity index is 342. The third-order valence-corrected chi connectivity index (χ3v) is 3.70. The van der Waals surface area contributed by atoms with Crippen LogP contribution >= 0.6 is 15.9 Å². The number of nitrogens with two attached hydrogens (primary N) is 1. The highest BCUT2D eigenvalue weighted by atomic mass is 79.9. The van der Waals surface area contributed by atoms with Crippen molar-refractivity contribution in [2.45, 2.75) is 18.5 Å². The molecule has 0 amide bonds. The zero-order chi connectivity index (χ0) is 11.5. The molecule has 0 radical (unpaired) electrons. The monoisotopic (exact) mass is 288 g/mol. The average Bonchev–Trinajstić information content (AvgIpc) is 2.82. The number of methoxy groups -OCH3 is 1. The molecule has 2 N–H and O–H groups in total. The van der Waals surface area contributed by atoms with Gasteiger partial charge >= 0.3 is 0 Å². The lowest BCUT2D eigenvalue weighted by Gasteiger charge is -2.24. The van der Waals surface area contributed by atoms with Crippen LogP contribution in [0.25, 0.3) is 0 Å². The van der Waals surface area contributed by atoms with Crippen LogP contribution in [0.3, 0.4) is 0 Å². The van der Waals surface area contributed by atoms with E-state index in [1.54, 1.807) is 13.4 Å². The van der Waals surface area contributed by atoms with Crippen LogP contribution in [0.15, 0.2) is 21.2 Å². The first-order valence-electron chi connectivity index (χ1n) is 5.45. The molecular weight excluding hydrogens is 272 g/mol. The number of ether oxygens (including phenoxy) is 1. The Kier molecular flexibility index (Phi) is 4.02. The third-order valence-electron chi connectivity index (χ3n) is 3.04. The number of hydrogen-bond donors (Lipinski definition) is 1. The molecule has 1 aliphatic heterocycles. The van der Waals surface area contributed by atoms with Crippen molar-refractivity contribution in [2.24, 2.45) is 5.73 Å². The minimum Gasteiger partial charge on any atom is -0.466 e. The second-order valence-electron chi connectivity index (χ2n) is 4.06. The van der Waals surface area contributed by atoms with E-state index in [9.17, 15) is 0 Å². The van der Waals surface area contributed by atoms with Crippen molar-refractivity contribution in [1.82, 2.24) is 4.90 Å². The normalized spacial score (nSPS) is 26.4. The fourth-order valence-electron chi connectivity index (χ4n) is 2.22. The van der Waals surface area contributed by atoms with Gasteiger partial charge in [-0.2, -0.15) is 0 Å². The summed E-state index contributed by atoms with van der Waals surface area (Å²) in [6.07, 6.45) is 2.69. The zero-order valence-corrected chi connectivity index (χ0v) is 10.9. The molecule has 0 aliphatic carbocycles. The van der Waals surface area contributed by atoms with Gasteiger partial charge in [-0.15, -0.1) is 0 Å². The maximum absolute atomic E-state index is 6.14. The van der Waals surface area contributed by atoms with Gasteiger partial charge in [-0.3, -0.25) is 4.90 Å². The van der Waals surface area contributed by atoms with Gasteiger partial charge in [-0.05, 0) is 28.4 Å². The Morgan fingerprint density at radius 1 is 1.69 bits per heavy atom. The maximum atomic E-state index is 6.14. The van der Waals surface area contributed by atoms with Crippen molar-refractivity contribution in [3.63, 3.8) is 0 Å². The minimum atomic E-state index is 0.138. The van der Waals surface area contributed by atoms with Gasteiger partial charge in [0.15, 0.2) is 0 Å². The van der Waals surface area contributed by atoms with Crippen LogP contribution in [0.1, 0.15) is 18.2 Å². The quantitative estimate of drug-likeness (QED) is 0.917. The summed E-state index contributed by atoms with van der Waals surface area (Å²) in [5, 5.41) is 0. The van der Waals surface area contributed by atoms with E-state index in [-0.39, 0.29) is 12.1 Å². The fourth-order valence-corrected chi connectivity index (χ4v) is 2.65. The molecule has 0 bridgehead atoms. The van der Waals surface area contributed by atoms with Crippen molar-refractivity contribution in [3.05, 3.63) is 22.6 Å². The van der Waals surface area contributed by atoms with Crippen LogP contribution < -0.4 is 5.73 Å². The maximum Gasteiger partial charge on any atom is 0.136 e. The van der Waals surface area contributed by atoms with E-state index >= 15 is 0 Å². The molecule has 16 heavy (non-hydrogen) atoms. The molecule has 0 aromatic carbocycles. The molecule has 0 spiro atoms. The lowest BCUT2D eigenvalue weighted by molar-refractivity contribution is 0.131. The number of hydrogen-bond acceptors (Lipinski definition) is 4. The standard InChI is InChI=1S/C11H17BrN2O2/c1-15-7-5-14-4-2-9(13)10(14)11-8(12)3-6-16-11/h3,6,9-10H,2,4-5,7,13H2,1H3. The number of halogens is 1. The lowest BCUT2D eigenvalue weighted by atomic mass is 10.1. The van der Waals surface area contributed by atoms with E-state index in [0.29, 0.717) is 0 Å². The van der Waals surface area contributed by atoms with Crippen LogP contribution in [0, 0.1) is 0 Å². The molecule has 1 aromatic heterocycles. The SMILES string of the molecule is COCCN1CCC(N)C1c1occc1Br. The van der Waals surface area contributed by atoms with Gasteiger partial charge in [-0.25, -0.2) is 0 Å². The minimum absolute atomic E-state index is 0.138. The molecule has 2 atom stereocenters. The van der Waals surface area contributed by atoms with Crippen molar-refractivity contribution in [2.75, 3.05) is 26.8 Å². The first-order valence-corrected chi connectivity index (χ1v) is 6.24. The van der Waals surface area contributed by atoms with Crippen molar-refractivity contribution < 1.29 is 9.15 Å². The number of rotatable bonds is 4. The Balaban J connectivity index is 2.13. The molecule has 1 fully saturated rings. The summed E-state index contributed by atoms with van der Waals surface area (Å²) < 4.78 is 11.6. The predicted octanol–water partition coefficient (Wildman–Crippen LogP) is 1.76. The summed E-state index contributed by atoms with van der Waals surface area (Å²) in [4.78, 5) is 2.32. The van der Waals surface area contributed by atoms with Crippen molar-refractivity contribution in [3.8, 4) is 0 Å². The second-order valence-corrected chi connectivity index (χ2v) is 4.91.